The SMILES string of the molecule is C[C@@H](CO)Nc1nc(NCCN2CCN(C)CC2)cc(-c2ccncc2)n1. The normalized spacial score (nSPS) is 16.9. The van der Waals surface area contributed by atoms with Crippen LogP contribution in [0, 0.1) is 0 Å². The number of aliphatic hydroxyl groups is 1. The van der Waals surface area contributed by atoms with Crippen molar-refractivity contribution in [2.45, 2.75) is 13.0 Å². The van der Waals surface area contributed by atoms with E-state index in [1.54, 1.807) is 12.4 Å². The second-order valence-corrected chi connectivity index (χ2v) is 7.00. The summed E-state index contributed by atoms with van der Waals surface area (Å²) in [4.78, 5) is 18.0. The second kappa shape index (κ2) is 9.59. The van der Waals surface area contributed by atoms with Crippen molar-refractivity contribution >= 4 is 11.8 Å². The average Bonchev–Trinajstić information content (AvgIpc) is 2.70. The van der Waals surface area contributed by atoms with Gasteiger partial charge in [0.15, 0.2) is 0 Å². The third kappa shape index (κ3) is 5.85. The van der Waals surface area contributed by atoms with Crippen LogP contribution in [0.2, 0.25) is 0 Å². The van der Waals surface area contributed by atoms with Crippen LogP contribution in [0.5, 0.6) is 0 Å². The topological polar surface area (TPSA) is 89.4 Å². The standard InChI is InChI=1S/C19H29N7O/c1-15(14-27)22-19-23-17(16-3-5-20-6-4-16)13-18(24-19)21-7-8-26-11-9-25(2)10-12-26/h3-6,13,15,27H,7-12,14H2,1-2H3,(H2,21,22,23,24)/t15-/m0/s1. The fourth-order valence-corrected chi connectivity index (χ4v) is 2.95. The first kappa shape index (κ1) is 19.5. The molecule has 0 aliphatic carbocycles. The summed E-state index contributed by atoms with van der Waals surface area (Å²) in [5.41, 5.74) is 1.80. The summed E-state index contributed by atoms with van der Waals surface area (Å²) in [6, 6.07) is 5.69. The van der Waals surface area contributed by atoms with Crippen molar-refractivity contribution in [1.29, 1.82) is 0 Å². The summed E-state index contributed by atoms with van der Waals surface area (Å²) < 4.78 is 0. The number of aliphatic hydroxyl groups excluding tert-OH is 1. The first-order valence-corrected chi connectivity index (χ1v) is 9.45. The highest BCUT2D eigenvalue weighted by Crippen LogP contribution is 2.21. The van der Waals surface area contributed by atoms with Crippen LogP contribution < -0.4 is 10.6 Å². The van der Waals surface area contributed by atoms with Crippen LogP contribution in [0.3, 0.4) is 0 Å². The van der Waals surface area contributed by atoms with Gasteiger partial charge in [-0.15, -0.1) is 0 Å². The van der Waals surface area contributed by atoms with Crippen molar-refractivity contribution < 1.29 is 5.11 Å². The van der Waals surface area contributed by atoms with E-state index in [2.05, 4.69) is 42.4 Å². The molecule has 8 nitrogen and oxygen atoms in total. The van der Waals surface area contributed by atoms with Crippen molar-refractivity contribution in [3.05, 3.63) is 30.6 Å². The molecule has 0 amide bonds. The van der Waals surface area contributed by atoms with Gasteiger partial charge in [0.2, 0.25) is 5.95 Å². The molecule has 2 aromatic rings. The molecule has 27 heavy (non-hydrogen) atoms. The maximum absolute atomic E-state index is 9.31. The number of aromatic nitrogens is 3. The summed E-state index contributed by atoms with van der Waals surface area (Å²) in [6.45, 7) is 8.16. The number of hydrogen-bond acceptors (Lipinski definition) is 8. The van der Waals surface area contributed by atoms with Gasteiger partial charge in [-0.25, -0.2) is 4.98 Å². The second-order valence-electron chi connectivity index (χ2n) is 7.00. The van der Waals surface area contributed by atoms with E-state index in [0.29, 0.717) is 5.95 Å². The molecule has 146 valence electrons. The minimum atomic E-state index is -0.115. The molecule has 0 spiro atoms. The van der Waals surface area contributed by atoms with Gasteiger partial charge in [-0.1, -0.05) is 0 Å². The fourth-order valence-electron chi connectivity index (χ4n) is 2.95. The first-order valence-electron chi connectivity index (χ1n) is 9.45. The lowest BCUT2D eigenvalue weighted by molar-refractivity contribution is 0.158. The van der Waals surface area contributed by atoms with Crippen LogP contribution in [-0.2, 0) is 0 Å². The maximum Gasteiger partial charge on any atom is 0.225 e. The number of likely N-dealkylation sites (N-methyl/N-ethyl adjacent to an activating group) is 1. The Balaban J connectivity index is 1.68. The van der Waals surface area contributed by atoms with Crippen molar-refractivity contribution in [2.75, 3.05) is 63.6 Å². The van der Waals surface area contributed by atoms with Gasteiger partial charge in [-0.05, 0) is 26.1 Å². The molecule has 0 radical (unpaired) electrons. The van der Waals surface area contributed by atoms with E-state index < -0.39 is 0 Å². The molecule has 1 aliphatic rings. The summed E-state index contributed by atoms with van der Waals surface area (Å²) >= 11 is 0. The quantitative estimate of drug-likeness (QED) is 0.633. The summed E-state index contributed by atoms with van der Waals surface area (Å²) in [7, 11) is 2.17. The van der Waals surface area contributed by atoms with E-state index in [9.17, 15) is 5.11 Å². The van der Waals surface area contributed by atoms with Crippen LogP contribution in [0.15, 0.2) is 30.6 Å². The third-order valence-electron chi connectivity index (χ3n) is 4.68. The van der Waals surface area contributed by atoms with E-state index in [4.69, 9.17) is 0 Å². The van der Waals surface area contributed by atoms with Crippen LogP contribution >= 0.6 is 0 Å². The van der Waals surface area contributed by atoms with Crippen molar-refractivity contribution in [2.24, 2.45) is 0 Å². The lowest BCUT2D eigenvalue weighted by Crippen LogP contribution is -2.45. The van der Waals surface area contributed by atoms with Crippen molar-refractivity contribution in [3.63, 3.8) is 0 Å². The summed E-state index contributed by atoms with van der Waals surface area (Å²) in [5, 5.41) is 15.9. The predicted molar refractivity (Wildman–Crippen MR) is 108 cm³/mol. The zero-order valence-electron chi connectivity index (χ0n) is 16.1. The van der Waals surface area contributed by atoms with E-state index >= 15 is 0 Å². The smallest absolute Gasteiger partial charge is 0.225 e. The van der Waals surface area contributed by atoms with Gasteiger partial charge in [-0.2, -0.15) is 4.98 Å². The average molecular weight is 371 g/mol. The maximum atomic E-state index is 9.31. The summed E-state index contributed by atoms with van der Waals surface area (Å²) in [6.07, 6.45) is 3.50. The Hall–Kier alpha value is -2.29. The van der Waals surface area contributed by atoms with Crippen LogP contribution in [0.4, 0.5) is 11.8 Å². The van der Waals surface area contributed by atoms with E-state index in [1.165, 1.54) is 0 Å². The van der Waals surface area contributed by atoms with Crippen LogP contribution in [0.25, 0.3) is 11.3 Å². The van der Waals surface area contributed by atoms with Gasteiger partial charge in [0, 0.05) is 69.3 Å². The lowest BCUT2D eigenvalue weighted by Gasteiger charge is -2.32. The molecule has 1 saturated heterocycles. The van der Waals surface area contributed by atoms with Gasteiger partial charge in [0.1, 0.15) is 5.82 Å². The number of nitrogens with zero attached hydrogens (tertiary/aromatic N) is 5. The van der Waals surface area contributed by atoms with E-state index in [1.807, 2.05) is 25.1 Å². The number of anilines is 2. The number of nitrogens with one attached hydrogen (secondary N) is 2. The number of rotatable bonds is 8. The molecule has 3 N–H and O–H groups in total. The zero-order chi connectivity index (χ0) is 19.1. The van der Waals surface area contributed by atoms with Gasteiger partial charge >= 0.3 is 0 Å². The Morgan fingerprint density at radius 3 is 2.59 bits per heavy atom. The van der Waals surface area contributed by atoms with Crippen molar-refractivity contribution in [1.82, 2.24) is 24.8 Å². The monoisotopic (exact) mass is 371 g/mol. The highest BCUT2D eigenvalue weighted by molar-refractivity contribution is 5.63. The third-order valence-corrected chi connectivity index (χ3v) is 4.68. The molecule has 0 aromatic carbocycles. The van der Waals surface area contributed by atoms with Crippen LogP contribution in [-0.4, -0.2) is 88.8 Å². The highest BCUT2D eigenvalue weighted by atomic mass is 16.3. The predicted octanol–water partition coefficient (Wildman–Crippen LogP) is 0.991. The Morgan fingerprint density at radius 2 is 1.89 bits per heavy atom. The van der Waals surface area contributed by atoms with Gasteiger partial charge in [-0.3, -0.25) is 9.88 Å². The number of pyridine rings is 1. The molecule has 3 heterocycles. The molecule has 2 aromatic heterocycles. The molecule has 1 fully saturated rings. The molecule has 1 aliphatic heterocycles. The summed E-state index contributed by atoms with van der Waals surface area (Å²) in [5.74, 6) is 1.28. The molecule has 0 bridgehead atoms. The molecule has 0 unspecified atom stereocenters. The molecule has 0 saturated carbocycles. The molecular weight excluding hydrogens is 342 g/mol. The van der Waals surface area contributed by atoms with Gasteiger partial charge in [0.25, 0.3) is 0 Å². The Kier molecular flexibility index (Phi) is 6.92. The molecule has 8 heteroatoms. The minimum absolute atomic E-state index is 0.0228. The largest absolute Gasteiger partial charge is 0.394 e. The molecular formula is C19H29N7O. The lowest BCUT2D eigenvalue weighted by atomic mass is 10.2. The van der Waals surface area contributed by atoms with Crippen LogP contribution in [0.1, 0.15) is 6.92 Å². The number of hydrogen-bond donors (Lipinski definition) is 3. The van der Waals surface area contributed by atoms with Crippen molar-refractivity contribution in [3.8, 4) is 11.3 Å². The number of piperazine rings is 1. The van der Waals surface area contributed by atoms with E-state index in [0.717, 1.165) is 56.3 Å². The Labute approximate surface area is 160 Å². The zero-order valence-corrected chi connectivity index (χ0v) is 16.1. The molecule has 1 atom stereocenters. The van der Waals surface area contributed by atoms with Gasteiger partial charge < -0.3 is 20.6 Å². The van der Waals surface area contributed by atoms with E-state index in [-0.39, 0.29) is 12.6 Å². The van der Waals surface area contributed by atoms with Gasteiger partial charge in [0.05, 0.1) is 12.3 Å². The highest BCUT2D eigenvalue weighted by Gasteiger charge is 2.13. The molecule has 3 rings (SSSR count). The fraction of sp³-hybridized carbons (Fsp3) is 0.526. The first-order chi connectivity index (χ1) is 13.1. The minimum Gasteiger partial charge on any atom is -0.394 e. The Bertz CT molecular complexity index is 704. The Morgan fingerprint density at radius 1 is 1.15 bits per heavy atom.